The molecular weight excluding hydrogens is 264 g/mol. The summed E-state index contributed by atoms with van der Waals surface area (Å²) in [6.07, 6.45) is 16.0. The number of amides is 2. The van der Waals surface area contributed by atoms with Crippen molar-refractivity contribution < 1.29 is 9.59 Å². The maximum atomic E-state index is 12.1. The van der Waals surface area contributed by atoms with Crippen LogP contribution in [-0.4, -0.2) is 35.8 Å². The Hall–Kier alpha value is -2.10. The summed E-state index contributed by atoms with van der Waals surface area (Å²) in [4.78, 5) is 25.4. The molecule has 114 valence electrons. The summed E-state index contributed by atoms with van der Waals surface area (Å²) in [5, 5.41) is 2.79. The number of carbonyl (C=O) groups excluding carboxylic acids is 2. The molecule has 2 amide bonds. The Balaban J connectivity index is 2.38. The highest BCUT2D eigenvalue weighted by Crippen LogP contribution is 2.26. The Kier molecular flexibility index (Phi) is 7.87. The second-order valence-corrected chi connectivity index (χ2v) is 4.82. The first kappa shape index (κ1) is 17.0. The molecule has 0 aromatic rings. The van der Waals surface area contributed by atoms with Crippen LogP contribution in [0.5, 0.6) is 0 Å². The molecule has 0 aliphatic heterocycles. The maximum absolute atomic E-state index is 12.1. The SMILES string of the molecule is CC=CC=CC(=O)NCCN(C(=O)C=CC=CC)C1CC1. The van der Waals surface area contributed by atoms with Crippen LogP contribution in [0, 0.1) is 0 Å². The minimum absolute atomic E-state index is 0.00862. The van der Waals surface area contributed by atoms with Gasteiger partial charge < -0.3 is 10.2 Å². The molecule has 0 aromatic carbocycles. The van der Waals surface area contributed by atoms with Gasteiger partial charge in [0.2, 0.25) is 11.8 Å². The van der Waals surface area contributed by atoms with Crippen molar-refractivity contribution in [1.29, 1.82) is 0 Å². The summed E-state index contributed by atoms with van der Waals surface area (Å²) >= 11 is 0. The van der Waals surface area contributed by atoms with Gasteiger partial charge in [-0.25, -0.2) is 0 Å². The monoisotopic (exact) mass is 288 g/mol. The van der Waals surface area contributed by atoms with Crippen LogP contribution in [0.15, 0.2) is 48.6 Å². The molecule has 0 radical (unpaired) electrons. The van der Waals surface area contributed by atoms with E-state index < -0.39 is 0 Å². The zero-order valence-corrected chi connectivity index (χ0v) is 12.8. The molecule has 0 saturated heterocycles. The van der Waals surface area contributed by atoms with Gasteiger partial charge in [-0.3, -0.25) is 9.59 Å². The first-order valence-electron chi connectivity index (χ1n) is 7.36. The second-order valence-electron chi connectivity index (χ2n) is 4.82. The van der Waals surface area contributed by atoms with Gasteiger partial charge in [0.1, 0.15) is 0 Å². The molecule has 1 aliphatic rings. The second kappa shape index (κ2) is 9.75. The normalized spacial score (nSPS) is 15.5. The van der Waals surface area contributed by atoms with Crippen LogP contribution in [0.25, 0.3) is 0 Å². The average molecular weight is 288 g/mol. The molecule has 0 spiro atoms. The number of allylic oxidation sites excluding steroid dienone is 6. The van der Waals surface area contributed by atoms with Gasteiger partial charge in [-0.15, -0.1) is 0 Å². The number of nitrogens with one attached hydrogen (secondary N) is 1. The first-order valence-corrected chi connectivity index (χ1v) is 7.36. The molecule has 0 atom stereocenters. The molecule has 0 heterocycles. The fourth-order valence-corrected chi connectivity index (χ4v) is 1.82. The smallest absolute Gasteiger partial charge is 0.246 e. The van der Waals surface area contributed by atoms with E-state index in [1.54, 1.807) is 24.3 Å². The number of hydrogen-bond donors (Lipinski definition) is 1. The molecule has 1 rings (SSSR count). The van der Waals surface area contributed by atoms with Gasteiger partial charge in [-0.1, -0.05) is 36.5 Å². The van der Waals surface area contributed by atoms with Gasteiger partial charge in [0.15, 0.2) is 0 Å². The van der Waals surface area contributed by atoms with E-state index in [1.807, 2.05) is 37.0 Å². The summed E-state index contributed by atoms with van der Waals surface area (Å²) in [5.74, 6) is -0.130. The van der Waals surface area contributed by atoms with Crippen molar-refractivity contribution in [1.82, 2.24) is 10.2 Å². The van der Waals surface area contributed by atoms with Gasteiger partial charge >= 0.3 is 0 Å². The van der Waals surface area contributed by atoms with E-state index >= 15 is 0 Å². The molecule has 21 heavy (non-hydrogen) atoms. The van der Waals surface area contributed by atoms with Gasteiger partial charge in [0, 0.05) is 31.3 Å². The highest BCUT2D eigenvalue weighted by atomic mass is 16.2. The van der Waals surface area contributed by atoms with Crippen LogP contribution >= 0.6 is 0 Å². The molecule has 0 aromatic heterocycles. The highest BCUT2D eigenvalue weighted by molar-refractivity contribution is 5.89. The van der Waals surface area contributed by atoms with Crippen LogP contribution in [0.1, 0.15) is 26.7 Å². The standard InChI is InChI=1S/C17H24N2O2/c1-3-5-7-9-16(20)18-13-14-19(15-11-12-15)17(21)10-8-6-4-2/h3-10,15H,11-14H2,1-2H3,(H,18,20). The highest BCUT2D eigenvalue weighted by Gasteiger charge is 2.31. The van der Waals surface area contributed by atoms with Crippen molar-refractivity contribution in [3.05, 3.63) is 48.6 Å². The molecule has 1 saturated carbocycles. The Morgan fingerprint density at radius 1 is 1.05 bits per heavy atom. The van der Waals surface area contributed by atoms with Crippen molar-refractivity contribution in [2.75, 3.05) is 13.1 Å². The van der Waals surface area contributed by atoms with Crippen LogP contribution in [0.4, 0.5) is 0 Å². The molecule has 0 bridgehead atoms. The Bertz CT molecular complexity index is 457. The predicted octanol–water partition coefficient (Wildman–Crippen LogP) is 2.36. The van der Waals surface area contributed by atoms with Crippen LogP contribution in [-0.2, 0) is 9.59 Å². The van der Waals surface area contributed by atoms with E-state index in [2.05, 4.69) is 5.32 Å². The van der Waals surface area contributed by atoms with Crippen molar-refractivity contribution in [3.8, 4) is 0 Å². The Labute approximate surface area is 126 Å². The van der Waals surface area contributed by atoms with Crippen molar-refractivity contribution in [2.24, 2.45) is 0 Å². The third kappa shape index (κ3) is 7.30. The molecule has 1 fully saturated rings. The predicted molar refractivity (Wildman–Crippen MR) is 85.7 cm³/mol. The molecule has 4 heteroatoms. The summed E-state index contributed by atoms with van der Waals surface area (Å²) in [5.41, 5.74) is 0. The Morgan fingerprint density at radius 3 is 2.24 bits per heavy atom. The lowest BCUT2D eigenvalue weighted by molar-refractivity contribution is -0.127. The number of hydrogen-bond acceptors (Lipinski definition) is 2. The lowest BCUT2D eigenvalue weighted by Gasteiger charge is -2.20. The number of nitrogens with zero attached hydrogens (tertiary/aromatic N) is 1. The van der Waals surface area contributed by atoms with Crippen molar-refractivity contribution in [3.63, 3.8) is 0 Å². The molecular formula is C17H24N2O2. The largest absolute Gasteiger partial charge is 0.351 e. The van der Waals surface area contributed by atoms with E-state index in [9.17, 15) is 9.59 Å². The topological polar surface area (TPSA) is 49.4 Å². The minimum Gasteiger partial charge on any atom is -0.351 e. The fraction of sp³-hybridized carbons (Fsp3) is 0.412. The lowest BCUT2D eigenvalue weighted by Crippen LogP contribution is -2.38. The average Bonchev–Trinajstić information content (AvgIpc) is 3.28. The fourth-order valence-electron chi connectivity index (χ4n) is 1.82. The lowest BCUT2D eigenvalue weighted by atomic mass is 10.3. The number of carbonyl (C=O) groups is 2. The molecule has 1 N–H and O–H groups in total. The van der Waals surface area contributed by atoms with Crippen LogP contribution in [0.3, 0.4) is 0 Å². The van der Waals surface area contributed by atoms with E-state index in [0.717, 1.165) is 12.8 Å². The summed E-state index contributed by atoms with van der Waals surface area (Å²) in [6, 6.07) is 0.336. The van der Waals surface area contributed by atoms with Gasteiger partial charge in [0.05, 0.1) is 0 Å². The third-order valence-corrected chi connectivity index (χ3v) is 3.02. The quantitative estimate of drug-likeness (QED) is 0.550. The molecule has 0 unspecified atom stereocenters. The summed E-state index contributed by atoms with van der Waals surface area (Å²) in [7, 11) is 0. The van der Waals surface area contributed by atoms with Crippen molar-refractivity contribution in [2.45, 2.75) is 32.7 Å². The van der Waals surface area contributed by atoms with E-state index in [-0.39, 0.29) is 11.8 Å². The van der Waals surface area contributed by atoms with Gasteiger partial charge in [0.25, 0.3) is 0 Å². The summed E-state index contributed by atoms with van der Waals surface area (Å²) < 4.78 is 0. The van der Waals surface area contributed by atoms with Gasteiger partial charge in [-0.05, 0) is 26.7 Å². The molecule has 4 nitrogen and oxygen atoms in total. The van der Waals surface area contributed by atoms with Crippen LogP contribution < -0.4 is 5.32 Å². The van der Waals surface area contributed by atoms with Crippen LogP contribution in [0.2, 0.25) is 0 Å². The maximum Gasteiger partial charge on any atom is 0.246 e. The number of rotatable bonds is 8. The summed E-state index contributed by atoms with van der Waals surface area (Å²) in [6.45, 7) is 4.82. The van der Waals surface area contributed by atoms with E-state index in [4.69, 9.17) is 0 Å². The zero-order chi connectivity index (χ0) is 15.5. The molecule has 1 aliphatic carbocycles. The minimum atomic E-state index is -0.138. The van der Waals surface area contributed by atoms with Gasteiger partial charge in [-0.2, -0.15) is 0 Å². The zero-order valence-electron chi connectivity index (χ0n) is 12.8. The van der Waals surface area contributed by atoms with E-state index in [1.165, 1.54) is 6.08 Å². The van der Waals surface area contributed by atoms with Crippen molar-refractivity contribution >= 4 is 11.8 Å². The third-order valence-electron chi connectivity index (χ3n) is 3.02. The first-order chi connectivity index (χ1) is 10.2. The Morgan fingerprint density at radius 2 is 1.67 bits per heavy atom. The van der Waals surface area contributed by atoms with E-state index in [0.29, 0.717) is 19.1 Å².